The van der Waals surface area contributed by atoms with Crippen LogP contribution in [-0.4, -0.2) is 83.3 Å². The molecule has 1 unspecified atom stereocenters. The van der Waals surface area contributed by atoms with Crippen molar-refractivity contribution >= 4 is 67.8 Å². The number of carbonyl (C=O) groups excluding carboxylic acids is 5. The Morgan fingerprint density at radius 3 is 2.03 bits per heavy atom. The van der Waals surface area contributed by atoms with Crippen LogP contribution in [0.1, 0.15) is 48.8 Å². The summed E-state index contributed by atoms with van der Waals surface area (Å²) in [7, 11) is 0. The van der Waals surface area contributed by atoms with E-state index < -0.39 is 53.8 Å². The number of aliphatic imine (C=N–C) groups is 1. The molecule has 16 heteroatoms. The van der Waals surface area contributed by atoms with Gasteiger partial charge in [0.15, 0.2) is 5.96 Å². The number of nitrogens with zero attached hydrogens (tertiary/aromatic N) is 1. The summed E-state index contributed by atoms with van der Waals surface area (Å²) in [6.07, 6.45) is 5.54. The van der Waals surface area contributed by atoms with Gasteiger partial charge in [0.1, 0.15) is 24.2 Å². The summed E-state index contributed by atoms with van der Waals surface area (Å²) in [5.41, 5.74) is 19.8. The van der Waals surface area contributed by atoms with E-state index in [1.807, 2.05) is 84.2 Å². The van der Waals surface area contributed by atoms with Crippen LogP contribution in [0, 0.1) is 5.92 Å². The van der Waals surface area contributed by atoms with Crippen LogP contribution < -0.4 is 43.8 Å². The molecular formula is C44H52N10O5S. The number of piperidine rings is 1. The number of primary amides is 1. The molecule has 15 nitrogen and oxygen atoms in total. The molecule has 0 radical (unpaired) electrons. The predicted molar refractivity (Wildman–Crippen MR) is 233 cm³/mol. The second-order valence-corrected chi connectivity index (χ2v) is 16.6. The van der Waals surface area contributed by atoms with Gasteiger partial charge in [-0.15, -0.1) is 11.3 Å². The second kappa shape index (κ2) is 19.2. The number of amides is 5. The van der Waals surface area contributed by atoms with Gasteiger partial charge in [-0.05, 0) is 77.6 Å². The Balaban J connectivity index is 1.16. The molecule has 12 N–H and O–H groups in total. The molecule has 2 bridgehead atoms. The highest BCUT2D eigenvalue weighted by Gasteiger charge is 2.43. The van der Waals surface area contributed by atoms with E-state index >= 15 is 0 Å². The maximum absolute atomic E-state index is 14.6. The Labute approximate surface area is 351 Å². The van der Waals surface area contributed by atoms with Crippen LogP contribution in [0.4, 0.5) is 0 Å². The average Bonchev–Trinajstić information content (AvgIpc) is 4.06. The molecule has 3 aromatic carbocycles. The smallest absolute Gasteiger partial charge is 0.243 e. The van der Waals surface area contributed by atoms with Gasteiger partial charge in [0, 0.05) is 53.6 Å². The van der Waals surface area contributed by atoms with E-state index in [1.165, 1.54) is 0 Å². The van der Waals surface area contributed by atoms with Crippen LogP contribution in [0.3, 0.4) is 0 Å². The number of nitrogens with two attached hydrogens (primary N) is 3. The first-order chi connectivity index (χ1) is 29.0. The molecule has 0 spiro atoms. The van der Waals surface area contributed by atoms with Crippen molar-refractivity contribution in [3.8, 4) is 0 Å². The van der Waals surface area contributed by atoms with E-state index in [4.69, 9.17) is 17.2 Å². The molecule has 2 aliphatic rings. The zero-order valence-electron chi connectivity index (χ0n) is 33.2. The number of hydrogen-bond donors (Lipinski definition) is 9. The Hall–Kier alpha value is -6.26. The number of H-pyrrole nitrogens is 1. The van der Waals surface area contributed by atoms with Crippen LogP contribution in [-0.2, 0) is 43.2 Å². The SMILES string of the molecule is NC(=O)[C@@H](CCCN=C(N)N)NC(=O)[C@H](Cc1ccccc1)NC(=O)[C@@H](Cc1c[nH]c2ccccc12)NC(=O)[C@@H](Cc1csc2ccccc12)NC(=O)C1N[C@@H]2CC[C@H]1C2. The summed E-state index contributed by atoms with van der Waals surface area (Å²) in [5, 5.41) is 18.9. The summed E-state index contributed by atoms with van der Waals surface area (Å²) in [5.74, 6) is -2.71. The number of guanidine groups is 1. The molecule has 7 rings (SSSR count). The number of fused-ring (bicyclic) bond motifs is 4. The van der Waals surface area contributed by atoms with Gasteiger partial charge in [0.05, 0.1) is 6.04 Å². The van der Waals surface area contributed by atoms with Gasteiger partial charge in [-0.2, -0.15) is 0 Å². The lowest BCUT2D eigenvalue weighted by molar-refractivity contribution is -0.134. The van der Waals surface area contributed by atoms with Crippen LogP contribution in [0.5, 0.6) is 0 Å². The lowest BCUT2D eigenvalue weighted by atomic mass is 9.97. The minimum absolute atomic E-state index is 0.0615. The van der Waals surface area contributed by atoms with Gasteiger partial charge in [-0.25, -0.2) is 0 Å². The topological polar surface area (TPSA) is 252 Å². The Kier molecular flexibility index (Phi) is 13.4. The van der Waals surface area contributed by atoms with E-state index in [1.54, 1.807) is 17.5 Å². The van der Waals surface area contributed by atoms with Crippen molar-refractivity contribution in [2.24, 2.45) is 28.1 Å². The quantitative estimate of drug-likeness (QED) is 0.0338. The highest BCUT2D eigenvalue weighted by Crippen LogP contribution is 2.35. The highest BCUT2D eigenvalue weighted by atomic mass is 32.1. The fourth-order valence-corrected chi connectivity index (χ4v) is 9.40. The summed E-state index contributed by atoms with van der Waals surface area (Å²) in [6, 6.07) is 20.1. The van der Waals surface area contributed by atoms with Crippen LogP contribution in [0.2, 0.25) is 0 Å². The fourth-order valence-electron chi connectivity index (χ4n) is 8.43. The minimum Gasteiger partial charge on any atom is -0.370 e. The van der Waals surface area contributed by atoms with Crippen LogP contribution in [0.15, 0.2) is 95.4 Å². The van der Waals surface area contributed by atoms with E-state index in [0.29, 0.717) is 6.42 Å². The molecule has 1 aliphatic carbocycles. The molecule has 3 heterocycles. The maximum Gasteiger partial charge on any atom is 0.243 e. The maximum atomic E-state index is 14.6. The minimum atomic E-state index is -1.19. The molecule has 2 fully saturated rings. The molecule has 5 aromatic rings. The summed E-state index contributed by atoms with van der Waals surface area (Å²) in [6.45, 7) is 0.226. The van der Waals surface area contributed by atoms with Crippen LogP contribution in [0.25, 0.3) is 21.0 Å². The van der Waals surface area contributed by atoms with Gasteiger partial charge < -0.3 is 48.8 Å². The summed E-state index contributed by atoms with van der Waals surface area (Å²) < 4.78 is 1.06. The molecule has 1 saturated carbocycles. The van der Waals surface area contributed by atoms with E-state index in [9.17, 15) is 24.0 Å². The van der Waals surface area contributed by atoms with E-state index in [0.717, 1.165) is 56.9 Å². The number of aromatic amines is 1. The Morgan fingerprint density at radius 1 is 0.717 bits per heavy atom. The molecular weight excluding hydrogens is 781 g/mol. The van der Waals surface area contributed by atoms with E-state index in [-0.39, 0.29) is 56.1 Å². The van der Waals surface area contributed by atoms with Crippen molar-refractivity contribution in [3.05, 3.63) is 107 Å². The zero-order valence-corrected chi connectivity index (χ0v) is 34.0. The molecule has 314 valence electrons. The highest BCUT2D eigenvalue weighted by molar-refractivity contribution is 7.17. The third kappa shape index (κ3) is 10.3. The number of hydrogen-bond acceptors (Lipinski definition) is 8. The van der Waals surface area contributed by atoms with Crippen molar-refractivity contribution in [3.63, 3.8) is 0 Å². The Bertz CT molecular complexity index is 2360. The predicted octanol–water partition coefficient (Wildman–Crippen LogP) is 2.03. The first kappa shape index (κ1) is 41.9. The second-order valence-electron chi connectivity index (χ2n) is 15.7. The molecule has 7 atom stereocenters. The summed E-state index contributed by atoms with van der Waals surface area (Å²) >= 11 is 1.56. The van der Waals surface area contributed by atoms with Crippen molar-refractivity contribution in [2.45, 2.75) is 87.6 Å². The van der Waals surface area contributed by atoms with Crippen molar-refractivity contribution in [1.82, 2.24) is 31.6 Å². The first-order valence-corrected chi connectivity index (χ1v) is 21.3. The first-order valence-electron chi connectivity index (χ1n) is 20.4. The summed E-state index contributed by atoms with van der Waals surface area (Å²) in [4.78, 5) is 76.8. The lowest BCUT2D eigenvalue weighted by Crippen LogP contribution is -2.60. The number of rotatable bonds is 19. The average molecular weight is 833 g/mol. The monoisotopic (exact) mass is 832 g/mol. The normalized spacial score (nSPS) is 18.9. The standard InChI is InChI=1S/C44H52N10O5S/c45-39(55)33(14-8-18-48-44(46)47)51-40(56)34(19-25-9-2-1-3-10-25)52-41(57)35(21-27-23-49-32-13-6-4-11-30(27)32)53-42(58)36(22-28-24-60-37-15-7-5-12-31(28)37)54-43(59)38-26-16-17-29(20-26)50-38/h1-7,9-13,15,23-24,26,29,33-36,38,49-50H,8,14,16-22H2,(H2,45,55)(H,51,56)(H,52,57)(H,53,58)(H,54,59)(H4,46,47,48)/t26-,29+,33+,34-,35+,36+,38?/m0/s1. The third-order valence-electron chi connectivity index (χ3n) is 11.5. The van der Waals surface area contributed by atoms with Gasteiger partial charge in [0.2, 0.25) is 29.5 Å². The van der Waals surface area contributed by atoms with E-state index in [2.05, 4.69) is 36.6 Å². The lowest BCUT2D eigenvalue weighted by Gasteiger charge is -2.28. The van der Waals surface area contributed by atoms with Gasteiger partial charge in [-0.1, -0.05) is 66.7 Å². The van der Waals surface area contributed by atoms with Gasteiger partial charge in [-0.3, -0.25) is 29.0 Å². The molecule has 1 aliphatic heterocycles. The number of nitrogens with one attached hydrogen (secondary N) is 6. The van der Waals surface area contributed by atoms with Crippen molar-refractivity contribution in [1.29, 1.82) is 0 Å². The number of benzene rings is 3. The fraction of sp³-hybridized carbons (Fsp3) is 0.364. The number of para-hydroxylation sites is 1. The number of aromatic nitrogens is 1. The van der Waals surface area contributed by atoms with Crippen LogP contribution >= 0.6 is 11.3 Å². The third-order valence-corrected chi connectivity index (χ3v) is 12.5. The van der Waals surface area contributed by atoms with Gasteiger partial charge in [0.25, 0.3) is 0 Å². The Morgan fingerprint density at radius 2 is 1.35 bits per heavy atom. The van der Waals surface area contributed by atoms with Crippen molar-refractivity contribution < 1.29 is 24.0 Å². The molecule has 60 heavy (non-hydrogen) atoms. The molecule has 5 amide bonds. The number of carbonyl (C=O) groups is 5. The number of thiophene rings is 1. The molecule has 2 aromatic heterocycles. The zero-order chi connectivity index (χ0) is 42.2. The molecule has 1 saturated heterocycles. The largest absolute Gasteiger partial charge is 0.370 e. The van der Waals surface area contributed by atoms with Gasteiger partial charge >= 0.3 is 0 Å². The van der Waals surface area contributed by atoms with Crippen molar-refractivity contribution in [2.75, 3.05) is 6.54 Å².